The van der Waals surface area contributed by atoms with Crippen molar-refractivity contribution in [3.8, 4) is 0 Å². The summed E-state index contributed by atoms with van der Waals surface area (Å²) in [6, 6.07) is 1.38. The molecule has 0 unspecified atom stereocenters. The van der Waals surface area contributed by atoms with Gasteiger partial charge in [-0.15, -0.1) is 0 Å². The average Bonchev–Trinajstić information content (AvgIpc) is 2.78. The fourth-order valence-corrected chi connectivity index (χ4v) is 3.09. The van der Waals surface area contributed by atoms with Crippen molar-refractivity contribution in [2.45, 2.75) is 18.9 Å². The summed E-state index contributed by atoms with van der Waals surface area (Å²) in [6.07, 6.45) is 1.72. The Hall–Kier alpha value is -1.93. The first-order valence-electron chi connectivity index (χ1n) is 8.09. The lowest BCUT2D eigenvalue weighted by Crippen LogP contribution is -2.46. The summed E-state index contributed by atoms with van der Waals surface area (Å²) >= 11 is 0. The van der Waals surface area contributed by atoms with E-state index < -0.39 is 11.2 Å². The molecule has 1 fully saturated rings. The van der Waals surface area contributed by atoms with Gasteiger partial charge < -0.3 is 14.9 Å². The van der Waals surface area contributed by atoms with E-state index in [0.717, 1.165) is 17.4 Å². The van der Waals surface area contributed by atoms with Gasteiger partial charge in [0.05, 0.1) is 0 Å². The number of likely N-dealkylation sites (N-methyl/N-ethyl adjacent to an activating group) is 1. The molecule has 0 aromatic carbocycles. The lowest BCUT2D eigenvalue weighted by atomic mass is 10.0. The molecule has 1 aromatic rings. The van der Waals surface area contributed by atoms with E-state index in [-0.39, 0.29) is 30.2 Å². The number of nitrogens with zero attached hydrogens (tertiary/aromatic N) is 4. The zero-order valence-electron chi connectivity index (χ0n) is 14.7. The summed E-state index contributed by atoms with van der Waals surface area (Å²) in [5, 5.41) is 9.53. The molecule has 0 aliphatic carbocycles. The van der Waals surface area contributed by atoms with Crippen molar-refractivity contribution >= 4 is 5.91 Å². The van der Waals surface area contributed by atoms with Crippen molar-refractivity contribution in [1.29, 1.82) is 0 Å². The Kier molecular flexibility index (Phi) is 5.61. The smallest absolute Gasteiger partial charge is 0.331 e. The normalized spacial score (nSPS) is 21.8. The highest BCUT2D eigenvalue weighted by atomic mass is 16.3. The quantitative estimate of drug-likeness (QED) is 0.753. The van der Waals surface area contributed by atoms with Gasteiger partial charge in [-0.05, 0) is 32.9 Å². The van der Waals surface area contributed by atoms with E-state index in [4.69, 9.17) is 0 Å². The van der Waals surface area contributed by atoms with Gasteiger partial charge in [0.2, 0.25) is 0 Å². The van der Waals surface area contributed by atoms with Crippen molar-refractivity contribution in [1.82, 2.24) is 18.9 Å². The van der Waals surface area contributed by atoms with Crippen LogP contribution in [-0.2, 0) is 14.1 Å². The molecule has 0 radical (unpaired) electrons. The van der Waals surface area contributed by atoms with Gasteiger partial charge in [-0.25, -0.2) is 4.79 Å². The third kappa shape index (κ3) is 3.59. The Morgan fingerprint density at radius 3 is 2.46 bits per heavy atom. The van der Waals surface area contributed by atoms with Crippen LogP contribution in [0.15, 0.2) is 15.7 Å². The van der Waals surface area contributed by atoms with Gasteiger partial charge in [-0.1, -0.05) is 0 Å². The fourth-order valence-electron chi connectivity index (χ4n) is 3.09. The number of aliphatic hydroxyl groups excluding tert-OH is 1. The van der Waals surface area contributed by atoms with Crippen LogP contribution >= 0.6 is 0 Å². The van der Waals surface area contributed by atoms with Crippen LogP contribution in [0.25, 0.3) is 0 Å². The monoisotopic (exact) mass is 338 g/mol. The van der Waals surface area contributed by atoms with Gasteiger partial charge in [0.1, 0.15) is 5.69 Å². The molecule has 1 aromatic heterocycles. The predicted octanol–water partition coefficient (Wildman–Crippen LogP) is -1.14. The molecular weight excluding hydrogens is 312 g/mol. The zero-order valence-corrected chi connectivity index (χ0v) is 14.7. The maximum absolute atomic E-state index is 12.9. The van der Waals surface area contributed by atoms with Crippen LogP contribution in [0.1, 0.15) is 23.3 Å². The second kappa shape index (κ2) is 7.31. The Bertz CT molecular complexity index is 722. The van der Waals surface area contributed by atoms with E-state index in [2.05, 4.69) is 4.90 Å². The number of rotatable bonds is 3. The van der Waals surface area contributed by atoms with E-state index in [1.807, 2.05) is 14.1 Å². The Morgan fingerprint density at radius 1 is 1.21 bits per heavy atom. The van der Waals surface area contributed by atoms with Gasteiger partial charge in [0.25, 0.3) is 11.5 Å². The summed E-state index contributed by atoms with van der Waals surface area (Å²) in [5.41, 5.74) is -0.943. The SMILES string of the molecule is CN(C)[C@@H]1CC[C@H](CO)CN(C(=O)c2cc(=O)n(C)c(=O)n2C)C1. The van der Waals surface area contributed by atoms with Crippen LogP contribution in [0.5, 0.6) is 0 Å². The third-order valence-corrected chi connectivity index (χ3v) is 4.84. The van der Waals surface area contributed by atoms with Crippen molar-refractivity contribution in [3.05, 3.63) is 32.6 Å². The van der Waals surface area contributed by atoms with E-state index in [9.17, 15) is 19.5 Å². The summed E-state index contributed by atoms with van der Waals surface area (Å²) < 4.78 is 2.17. The molecule has 1 amide bonds. The number of amides is 1. The van der Waals surface area contributed by atoms with Crippen LogP contribution in [0.3, 0.4) is 0 Å². The molecule has 1 N–H and O–H groups in total. The fraction of sp³-hybridized carbons (Fsp3) is 0.688. The average molecular weight is 338 g/mol. The highest BCUT2D eigenvalue weighted by molar-refractivity contribution is 5.92. The van der Waals surface area contributed by atoms with E-state index in [0.29, 0.717) is 13.1 Å². The molecule has 1 aliphatic heterocycles. The Morgan fingerprint density at radius 2 is 1.88 bits per heavy atom. The first-order chi connectivity index (χ1) is 11.3. The first-order valence-corrected chi connectivity index (χ1v) is 8.09. The maximum Gasteiger partial charge on any atom is 0.331 e. The van der Waals surface area contributed by atoms with Crippen LogP contribution in [-0.4, -0.2) is 69.8 Å². The molecule has 1 aliphatic rings. The number of hydrogen-bond donors (Lipinski definition) is 1. The second-order valence-electron chi connectivity index (χ2n) is 6.72. The summed E-state index contributed by atoms with van der Waals surface area (Å²) in [4.78, 5) is 40.6. The van der Waals surface area contributed by atoms with Crippen molar-refractivity contribution in [2.75, 3.05) is 33.8 Å². The Balaban J connectivity index is 2.39. The number of aliphatic hydroxyl groups is 1. The number of aromatic nitrogens is 2. The summed E-state index contributed by atoms with van der Waals surface area (Å²) in [6.45, 7) is 0.939. The molecule has 1 saturated heterocycles. The van der Waals surface area contributed by atoms with Crippen LogP contribution < -0.4 is 11.2 Å². The van der Waals surface area contributed by atoms with Crippen LogP contribution in [0.2, 0.25) is 0 Å². The number of likely N-dealkylation sites (tertiary alicyclic amines) is 1. The lowest BCUT2D eigenvalue weighted by Gasteiger charge is -2.29. The van der Waals surface area contributed by atoms with Crippen LogP contribution in [0.4, 0.5) is 0 Å². The third-order valence-electron chi connectivity index (χ3n) is 4.84. The summed E-state index contributed by atoms with van der Waals surface area (Å²) in [5.74, 6) is -0.345. The Labute approximate surface area is 140 Å². The minimum atomic E-state index is -0.525. The van der Waals surface area contributed by atoms with Crippen molar-refractivity contribution in [3.63, 3.8) is 0 Å². The molecule has 24 heavy (non-hydrogen) atoms. The molecule has 0 spiro atoms. The molecule has 0 bridgehead atoms. The van der Waals surface area contributed by atoms with E-state index in [1.54, 1.807) is 4.90 Å². The molecule has 8 heteroatoms. The standard InChI is InChI=1S/C16H26N4O4/c1-17(2)12-6-5-11(10-21)8-20(9-12)15(23)13-7-14(22)19(4)16(24)18(13)3/h7,11-12,21H,5-6,8-10H2,1-4H3/t11-,12+/m0/s1. The molecule has 8 nitrogen and oxygen atoms in total. The lowest BCUT2D eigenvalue weighted by molar-refractivity contribution is 0.0677. The number of carbonyl (C=O) groups is 1. The maximum atomic E-state index is 12.9. The second-order valence-corrected chi connectivity index (χ2v) is 6.72. The highest BCUT2D eigenvalue weighted by Gasteiger charge is 2.29. The van der Waals surface area contributed by atoms with Gasteiger partial charge in [0.15, 0.2) is 0 Å². The molecule has 134 valence electrons. The van der Waals surface area contributed by atoms with Crippen molar-refractivity contribution < 1.29 is 9.90 Å². The molecule has 0 saturated carbocycles. The topological polar surface area (TPSA) is 87.8 Å². The van der Waals surface area contributed by atoms with Gasteiger partial charge in [-0.2, -0.15) is 0 Å². The predicted molar refractivity (Wildman–Crippen MR) is 90.1 cm³/mol. The minimum absolute atomic E-state index is 0.00229. The first kappa shape index (κ1) is 18.4. The van der Waals surface area contributed by atoms with E-state index in [1.165, 1.54) is 24.7 Å². The van der Waals surface area contributed by atoms with E-state index >= 15 is 0 Å². The molecular formula is C16H26N4O4. The van der Waals surface area contributed by atoms with Gasteiger partial charge in [-0.3, -0.25) is 18.7 Å². The zero-order chi connectivity index (χ0) is 18.0. The van der Waals surface area contributed by atoms with Crippen LogP contribution in [0, 0.1) is 5.92 Å². The van der Waals surface area contributed by atoms with Gasteiger partial charge in [0, 0.05) is 45.9 Å². The minimum Gasteiger partial charge on any atom is -0.396 e. The number of hydrogen-bond acceptors (Lipinski definition) is 5. The van der Waals surface area contributed by atoms with Crippen molar-refractivity contribution in [2.24, 2.45) is 20.0 Å². The molecule has 2 rings (SSSR count). The molecule has 2 atom stereocenters. The number of carbonyl (C=O) groups excluding carboxylic acids is 1. The molecule has 2 heterocycles. The van der Waals surface area contributed by atoms with Gasteiger partial charge >= 0.3 is 5.69 Å². The highest BCUT2D eigenvalue weighted by Crippen LogP contribution is 2.20. The summed E-state index contributed by atoms with van der Waals surface area (Å²) in [7, 11) is 6.79. The largest absolute Gasteiger partial charge is 0.396 e.